The van der Waals surface area contributed by atoms with Crippen molar-refractivity contribution < 1.29 is 8.42 Å². The predicted molar refractivity (Wildman–Crippen MR) is 73.6 cm³/mol. The number of aryl methyl sites for hydroxylation is 1. The molecule has 1 unspecified atom stereocenters. The van der Waals surface area contributed by atoms with Crippen LogP contribution in [0.15, 0.2) is 6.20 Å². The Morgan fingerprint density at radius 2 is 2.32 bits per heavy atom. The van der Waals surface area contributed by atoms with E-state index in [1.54, 1.807) is 8.99 Å². The molecule has 0 aliphatic carbocycles. The Morgan fingerprint density at radius 3 is 3.00 bits per heavy atom. The lowest BCUT2D eigenvalue weighted by molar-refractivity contribution is 0.239. The topological polar surface area (TPSA) is 68.1 Å². The second-order valence-electron chi connectivity index (χ2n) is 5.00. The average molecular weight is 307 g/mol. The van der Waals surface area contributed by atoms with Gasteiger partial charge in [0, 0.05) is 38.1 Å². The summed E-state index contributed by atoms with van der Waals surface area (Å²) in [6.45, 7) is 1.91. The number of hydrogen-bond acceptors (Lipinski definition) is 4. The van der Waals surface area contributed by atoms with Gasteiger partial charge >= 0.3 is 0 Å². The Kier molecular flexibility index (Phi) is 4.81. The van der Waals surface area contributed by atoms with E-state index in [1.165, 1.54) is 6.26 Å². The molecule has 0 aromatic carbocycles. The van der Waals surface area contributed by atoms with Crippen LogP contribution in [0.25, 0.3) is 0 Å². The zero-order valence-electron chi connectivity index (χ0n) is 11.0. The minimum Gasteiger partial charge on any atom is -0.252 e. The van der Waals surface area contributed by atoms with Crippen LogP contribution in [0.1, 0.15) is 18.5 Å². The number of nitrogens with zero attached hydrogens (tertiary/aromatic N) is 4. The molecule has 1 aromatic rings. The number of sulfonamides is 1. The van der Waals surface area contributed by atoms with Gasteiger partial charge in [-0.25, -0.2) is 12.7 Å². The van der Waals surface area contributed by atoms with E-state index in [9.17, 15) is 8.42 Å². The lowest BCUT2D eigenvalue weighted by atomic mass is 10.00. The molecule has 1 aliphatic heterocycles. The molecule has 1 saturated heterocycles. The summed E-state index contributed by atoms with van der Waals surface area (Å²) >= 11 is 5.66. The molecule has 108 valence electrons. The van der Waals surface area contributed by atoms with Crippen LogP contribution in [-0.2, 0) is 23.0 Å². The second kappa shape index (κ2) is 6.19. The third kappa shape index (κ3) is 4.15. The van der Waals surface area contributed by atoms with E-state index in [2.05, 4.69) is 10.3 Å². The van der Waals surface area contributed by atoms with E-state index >= 15 is 0 Å². The minimum atomic E-state index is -3.08. The molecule has 0 spiro atoms. The van der Waals surface area contributed by atoms with Gasteiger partial charge in [-0.1, -0.05) is 5.21 Å². The van der Waals surface area contributed by atoms with Gasteiger partial charge in [0.05, 0.1) is 11.9 Å². The first-order valence-electron chi connectivity index (χ1n) is 6.39. The Bertz CT molecular complexity index is 517. The Balaban J connectivity index is 1.94. The number of alkyl halides is 1. The molecule has 0 N–H and O–H groups in total. The lowest BCUT2D eigenvalue weighted by Crippen LogP contribution is -2.40. The number of piperidine rings is 1. The summed E-state index contributed by atoms with van der Waals surface area (Å²) in [6, 6.07) is 0. The second-order valence-corrected chi connectivity index (χ2v) is 7.36. The molecule has 2 heterocycles. The molecule has 1 aromatic heterocycles. The number of aromatic nitrogens is 3. The molecule has 19 heavy (non-hydrogen) atoms. The summed E-state index contributed by atoms with van der Waals surface area (Å²) < 4.78 is 26.4. The van der Waals surface area contributed by atoms with Gasteiger partial charge in [-0.2, -0.15) is 0 Å². The molecule has 6 nitrogen and oxygen atoms in total. The average Bonchev–Trinajstić information content (AvgIpc) is 2.76. The molecular weight excluding hydrogens is 288 g/mol. The van der Waals surface area contributed by atoms with Crippen LogP contribution >= 0.6 is 11.6 Å². The van der Waals surface area contributed by atoms with Crippen molar-refractivity contribution in [1.82, 2.24) is 19.3 Å². The molecule has 1 aliphatic rings. The minimum absolute atomic E-state index is 0.300. The highest BCUT2D eigenvalue weighted by molar-refractivity contribution is 7.88. The predicted octanol–water partition coefficient (Wildman–Crippen LogP) is 0.731. The van der Waals surface area contributed by atoms with Gasteiger partial charge in [0.2, 0.25) is 10.0 Å². The number of hydrogen-bond donors (Lipinski definition) is 0. The highest BCUT2D eigenvalue weighted by atomic mass is 35.5. The first-order chi connectivity index (χ1) is 8.99. The van der Waals surface area contributed by atoms with E-state index in [0.29, 0.717) is 37.9 Å². The molecule has 1 fully saturated rings. The van der Waals surface area contributed by atoms with E-state index in [-0.39, 0.29) is 0 Å². The zero-order valence-corrected chi connectivity index (χ0v) is 12.6. The third-order valence-corrected chi connectivity index (χ3v) is 4.79. The lowest BCUT2D eigenvalue weighted by Gasteiger charge is -2.30. The van der Waals surface area contributed by atoms with Crippen LogP contribution in [0.2, 0.25) is 0 Å². The first kappa shape index (κ1) is 14.7. The Morgan fingerprint density at radius 1 is 1.53 bits per heavy atom. The monoisotopic (exact) mass is 306 g/mol. The van der Waals surface area contributed by atoms with E-state index in [0.717, 1.165) is 18.5 Å². The van der Waals surface area contributed by atoms with Crippen LogP contribution in [0.5, 0.6) is 0 Å². The van der Waals surface area contributed by atoms with Gasteiger partial charge in [-0.15, -0.1) is 16.7 Å². The molecule has 0 saturated carbocycles. The molecule has 0 radical (unpaired) electrons. The maximum absolute atomic E-state index is 11.6. The van der Waals surface area contributed by atoms with Crippen LogP contribution < -0.4 is 0 Å². The van der Waals surface area contributed by atoms with Crippen molar-refractivity contribution >= 4 is 21.6 Å². The quantitative estimate of drug-likeness (QED) is 0.752. The van der Waals surface area contributed by atoms with Crippen molar-refractivity contribution in [3.05, 3.63) is 11.9 Å². The molecule has 2 rings (SSSR count). The fraction of sp³-hybridized carbons (Fsp3) is 0.818. The summed E-state index contributed by atoms with van der Waals surface area (Å²) in [4.78, 5) is 0. The van der Waals surface area contributed by atoms with Crippen LogP contribution in [0, 0.1) is 5.92 Å². The highest BCUT2D eigenvalue weighted by Crippen LogP contribution is 2.20. The molecule has 0 bridgehead atoms. The van der Waals surface area contributed by atoms with Crippen molar-refractivity contribution in [3.8, 4) is 0 Å². The SMILES string of the molecule is CS(=O)(=O)N1CCCC(Cn2cc(CCCl)nn2)C1. The first-order valence-corrected chi connectivity index (χ1v) is 8.77. The summed E-state index contributed by atoms with van der Waals surface area (Å²) in [5.41, 5.74) is 0.880. The normalized spacial score (nSPS) is 21.7. The third-order valence-electron chi connectivity index (χ3n) is 3.33. The summed E-state index contributed by atoms with van der Waals surface area (Å²) in [6.07, 6.45) is 5.80. The zero-order chi connectivity index (χ0) is 13.9. The van der Waals surface area contributed by atoms with Gasteiger partial charge < -0.3 is 0 Å². The smallest absolute Gasteiger partial charge is 0.211 e. The van der Waals surface area contributed by atoms with Crippen molar-refractivity contribution in [2.24, 2.45) is 5.92 Å². The van der Waals surface area contributed by atoms with E-state index in [1.807, 2.05) is 6.20 Å². The Labute approximate surface area is 118 Å². The maximum atomic E-state index is 11.6. The van der Waals surface area contributed by atoms with E-state index < -0.39 is 10.0 Å². The van der Waals surface area contributed by atoms with Gasteiger partial charge in [0.15, 0.2) is 0 Å². The molecule has 0 amide bonds. The van der Waals surface area contributed by atoms with Crippen molar-refractivity contribution in [1.29, 1.82) is 0 Å². The van der Waals surface area contributed by atoms with Crippen molar-refractivity contribution in [2.75, 3.05) is 25.2 Å². The number of halogens is 1. The van der Waals surface area contributed by atoms with Gasteiger partial charge in [-0.3, -0.25) is 4.68 Å². The summed E-state index contributed by atoms with van der Waals surface area (Å²) in [5.74, 6) is 0.832. The van der Waals surface area contributed by atoms with Crippen molar-refractivity contribution in [2.45, 2.75) is 25.8 Å². The van der Waals surface area contributed by atoms with Crippen molar-refractivity contribution in [3.63, 3.8) is 0 Å². The molecular formula is C11H19ClN4O2S. The molecule has 1 atom stereocenters. The van der Waals surface area contributed by atoms with Gasteiger partial charge in [0.1, 0.15) is 0 Å². The highest BCUT2D eigenvalue weighted by Gasteiger charge is 2.26. The fourth-order valence-electron chi connectivity index (χ4n) is 2.38. The fourth-order valence-corrected chi connectivity index (χ4v) is 3.52. The number of rotatable bonds is 5. The summed E-state index contributed by atoms with van der Waals surface area (Å²) in [5, 5.41) is 8.09. The molecule has 8 heteroatoms. The van der Waals surface area contributed by atoms with Gasteiger partial charge in [-0.05, 0) is 18.8 Å². The summed E-state index contributed by atoms with van der Waals surface area (Å²) in [7, 11) is -3.08. The van der Waals surface area contributed by atoms with Gasteiger partial charge in [0.25, 0.3) is 0 Å². The van der Waals surface area contributed by atoms with Crippen LogP contribution in [0.3, 0.4) is 0 Å². The standard InChI is InChI=1S/C11H19ClN4O2S/c1-19(17,18)16-6-2-3-10(8-16)7-15-9-11(4-5-12)13-14-15/h9-10H,2-8H2,1H3. The largest absolute Gasteiger partial charge is 0.252 e. The maximum Gasteiger partial charge on any atom is 0.211 e. The van der Waals surface area contributed by atoms with Crippen LogP contribution in [-0.4, -0.2) is 52.9 Å². The Hall–Kier alpha value is -0.660. The van der Waals surface area contributed by atoms with E-state index in [4.69, 9.17) is 11.6 Å². The van der Waals surface area contributed by atoms with Crippen LogP contribution in [0.4, 0.5) is 0 Å².